The van der Waals surface area contributed by atoms with Crippen LogP contribution in [0.2, 0.25) is 0 Å². The lowest BCUT2D eigenvalue weighted by Crippen LogP contribution is -2.37. The van der Waals surface area contributed by atoms with Gasteiger partial charge < -0.3 is 10.6 Å². The molecular weight excluding hydrogens is 394 g/mol. The van der Waals surface area contributed by atoms with Gasteiger partial charge in [0, 0.05) is 22.6 Å². The lowest BCUT2D eigenvalue weighted by atomic mass is 10.1. The maximum atomic E-state index is 12.3. The number of sulfonamides is 1. The van der Waals surface area contributed by atoms with Gasteiger partial charge in [-0.1, -0.05) is 15.9 Å². The van der Waals surface area contributed by atoms with Crippen LogP contribution in [0.25, 0.3) is 0 Å². The molecule has 1 atom stereocenters. The maximum absolute atomic E-state index is 12.3. The van der Waals surface area contributed by atoms with E-state index in [4.69, 9.17) is 5.14 Å². The monoisotopic (exact) mass is 411 g/mol. The maximum Gasteiger partial charge on any atom is 0.251 e. The number of hydrogen-bond acceptors (Lipinski definition) is 4. The van der Waals surface area contributed by atoms with Crippen LogP contribution in [0.1, 0.15) is 28.8 Å². The molecule has 1 fully saturated rings. The molecule has 124 valence electrons. The Morgan fingerprint density at radius 2 is 2.18 bits per heavy atom. The molecule has 1 saturated heterocycles. The molecule has 1 unspecified atom stereocenters. The van der Waals surface area contributed by atoms with Crippen molar-refractivity contribution in [1.29, 1.82) is 0 Å². The van der Waals surface area contributed by atoms with Crippen LogP contribution in [0.5, 0.6) is 0 Å². The van der Waals surface area contributed by atoms with Gasteiger partial charge >= 0.3 is 0 Å². The fourth-order valence-electron chi connectivity index (χ4n) is 2.43. The Hall–Kier alpha value is -0.670. The third-order valence-electron chi connectivity index (χ3n) is 3.55. The van der Waals surface area contributed by atoms with E-state index >= 15 is 0 Å². The van der Waals surface area contributed by atoms with Gasteiger partial charge in [0.25, 0.3) is 5.91 Å². The normalized spacial score (nSPS) is 17.9. The van der Waals surface area contributed by atoms with Crippen LogP contribution >= 0.6 is 28.3 Å². The van der Waals surface area contributed by atoms with Crippen molar-refractivity contribution >= 4 is 44.3 Å². The van der Waals surface area contributed by atoms with E-state index in [0.29, 0.717) is 22.1 Å². The third-order valence-corrected chi connectivity index (χ3v) is 5.04. The Labute approximate surface area is 144 Å². The van der Waals surface area contributed by atoms with Crippen molar-refractivity contribution in [3.05, 3.63) is 27.7 Å². The van der Waals surface area contributed by atoms with Crippen molar-refractivity contribution in [1.82, 2.24) is 10.6 Å². The highest BCUT2D eigenvalue weighted by Crippen LogP contribution is 2.24. The molecule has 0 radical (unpaired) electrons. The number of nitrogens with two attached hydrogens (primary N) is 1. The molecule has 9 heteroatoms. The molecule has 0 aliphatic carbocycles. The summed E-state index contributed by atoms with van der Waals surface area (Å²) in [6.07, 6.45) is 2.13. The fraction of sp³-hybridized carbons (Fsp3) is 0.462. The summed E-state index contributed by atoms with van der Waals surface area (Å²) in [7, 11) is -3.86. The van der Waals surface area contributed by atoms with Crippen LogP contribution in [-0.2, 0) is 10.0 Å². The molecule has 22 heavy (non-hydrogen) atoms. The van der Waals surface area contributed by atoms with E-state index in [1.54, 1.807) is 13.0 Å². The predicted molar refractivity (Wildman–Crippen MR) is 90.9 cm³/mol. The second kappa shape index (κ2) is 7.74. The number of primary sulfonamides is 1. The quantitative estimate of drug-likeness (QED) is 0.694. The molecule has 6 nitrogen and oxygen atoms in total. The number of amides is 1. The van der Waals surface area contributed by atoms with Crippen molar-refractivity contribution in [2.75, 3.05) is 13.1 Å². The Morgan fingerprint density at radius 1 is 1.50 bits per heavy atom. The van der Waals surface area contributed by atoms with Gasteiger partial charge in [0.1, 0.15) is 0 Å². The Bertz CT molecular complexity index is 661. The molecule has 4 N–H and O–H groups in total. The standard InChI is InChI=1S/C13H18BrN3O3S.ClH/c1-8-11(5-9(14)6-12(8)21(15,19)20)13(18)17-7-10-3-2-4-16-10;/h5-6,10,16H,2-4,7H2,1H3,(H,17,18)(H2,15,19,20);1H. The van der Waals surface area contributed by atoms with Crippen LogP contribution < -0.4 is 15.8 Å². The molecule has 1 aliphatic rings. The van der Waals surface area contributed by atoms with E-state index in [9.17, 15) is 13.2 Å². The smallest absolute Gasteiger partial charge is 0.251 e. The number of rotatable bonds is 4. The van der Waals surface area contributed by atoms with Gasteiger partial charge in [-0.05, 0) is 44.0 Å². The number of hydrogen-bond donors (Lipinski definition) is 3. The summed E-state index contributed by atoms with van der Waals surface area (Å²) in [6, 6.07) is 3.28. The second-order valence-electron chi connectivity index (χ2n) is 5.12. The van der Waals surface area contributed by atoms with Gasteiger partial charge in [0.2, 0.25) is 10.0 Å². The second-order valence-corrected chi connectivity index (χ2v) is 7.57. The van der Waals surface area contributed by atoms with Crippen LogP contribution in [0, 0.1) is 6.92 Å². The fourth-order valence-corrected chi connectivity index (χ4v) is 3.86. The molecule has 2 rings (SSSR count). The van der Waals surface area contributed by atoms with Crippen LogP contribution in [0.3, 0.4) is 0 Å². The third kappa shape index (κ3) is 4.66. The molecule has 1 aromatic carbocycles. The van der Waals surface area contributed by atoms with E-state index in [1.807, 2.05) is 0 Å². The summed E-state index contributed by atoms with van der Waals surface area (Å²) in [5.41, 5.74) is 0.670. The van der Waals surface area contributed by atoms with Gasteiger partial charge in [-0.25, -0.2) is 13.6 Å². The lowest BCUT2D eigenvalue weighted by molar-refractivity contribution is 0.0949. The number of nitrogens with one attached hydrogen (secondary N) is 2. The Kier molecular flexibility index (Phi) is 6.82. The summed E-state index contributed by atoms with van der Waals surface area (Å²) in [6.45, 7) is 3.07. The molecule has 0 bridgehead atoms. The highest BCUT2D eigenvalue weighted by molar-refractivity contribution is 9.10. The van der Waals surface area contributed by atoms with E-state index in [1.165, 1.54) is 6.07 Å². The van der Waals surface area contributed by atoms with Crippen LogP contribution in [0.4, 0.5) is 0 Å². The molecule has 1 heterocycles. The van der Waals surface area contributed by atoms with Gasteiger partial charge in [-0.2, -0.15) is 0 Å². The van der Waals surface area contributed by atoms with Gasteiger partial charge in [-0.3, -0.25) is 4.79 Å². The van der Waals surface area contributed by atoms with Gasteiger partial charge in [-0.15, -0.1) is 12.4 Å². The van der Waals surface area contributed by atoms with Crippen molar-refractivity contribution in [3.63, 3.8) is 0 Å². The minimum Gasteiger partial charge on any atom is -0.350 e. The van der Waals surface area contributed by atoms with Crippen molar-refractivity contribution in [2.45, 2.75) is 30.7 Å². The molecule has 0 saturated carbocycles. The summed E-state index contributed by atoms with van der Waals surface area (Å²) in [5.74, 6) is -0.299. The number of carbonyl (C=O) groups excluding carboxylic acids is 1. The topological polar surface area (TPSA) is 101 Å². The van der Waals surface area contributed by atoms with Crippen LogP contribution in [0.15, 0.2) is 21.5 Å². The first-order chi connectivity index (χ1) is 9.79. The van der Waals surface area contributed by atoms with Gasteiger partial charge in [0.15, 0.2) is 0 Å². The van der Waals surface area contributed by atoms with Crippen molar-refractivity contribution in [2.24, 2.45) is 5.14 Å². The van der Waals surface area contributed by atoms with E-state index in [0.717, 1.165) is 19.4 Å². The van der Waals surface area contributed by atoms with E-state index in [-0.39, 0.29) is 29.3 Å². The van der Waals surface area contributed by atoms with Crippen molar-refractivity contribution < 1.29 is 13.2 Å². The summed E-state index contributed by atoms with van der Waals surface area (Å²) in [5, 5.41) is 11.3. The molecule has 1 amide bonds. The minimum atomic E-state index is -3.86. The molecule has 0 spiro atoms. The zero-order valence-corrected chi connectivity index (χ0v) is 15.3. The number of halogens is 2. The summed E-state index contributed by atoms with van der Waals surface area (Å²) in [4.78, 5) is 12.2. The largest absolute Gasteiger partial charge is 0.350 e. The average molecular weight is 413 g/mol. The molecule has 0 aromatic heterocycles. The zero-order chi connectivity index (χ0) is 15.6. The SMILES string of the molecule is Cc1c(C(=O)NCC2CCCN2)cc(Br)cc1S(N)(=O)=O.Cl. The first-order valence-corrected chi connectivity index (χ1v) is 8.97. The van der Waals surface area contributed by atoms with E-state index in [2.05, 4.69) is 26.6 Å². The first-order valence-electron chi connectivity index (χ1n) is 6.63. The Balaban J connectivity index is 0.00000242. The number of carbonyl (C=O) groups is 1. The lowest BCUT2D eigenvalue weighted by Gasteiger charge is -2.14. The predicted octanol–water partition coefficient (Wildman–Crippen LogP) is 1.31. The minimum absolute atomic E-state index is 0. The van der Waals surface area contributed by atoms with E-state index < -0.39 is 10.0 Å². The highest BCUT2D eigenvalue weighted by Gasteiger charge is 2.20. The Morgan fingerprint density at radius 3 is 2.73 bits per heavy atom. The summed E-state index contributed by atoms with van der Waals surface area (Å²) < 4.78 is 23.6. The molecular formula is C13H19BrClN3O3S. The highest BCUT2D eigenvalue weighted by atomic mass is 79.9. The van der Waals surface area contributed by atoms with Gasteiger partial charge in [0.05, 0.1) is 4.90 Å². The summed E-state index contributed by atoms with van der Waals surface area (Å²) >= 11 is 3.21. The van der Waals surface area contributed by atoms with Crippen molar-refractivity contribution in [3.8, 4) is 0 Å². The first kappa shape index (κ1) is 19.4. The van der Waals surface area contributed by atoms with Crippen LogP contribution in [-0.4, -0.2) is 33.5 Å². The number of benzene rings is 1. The zero-order valence-electron chi connectivity index (χ0n) is 12.1. The average Bonchev–Trinajstić information content (AvgIpc) is 2.90. The molecule has 1 aliphatic heterocycles. The molecule has 1 aromatic rings.